The first kappa shape index (κ1) is 12.7. The molecule has 102 valence electrons. The molecule has 0 fully saturated rings. The van der Waals surface area contributed by atoms with E-state index in [0.29, 0.717) is 23.0 Å². The highest BCUT2D eigenvalue weighted by molar-refractivity contribution is 6.30. The van der Waals surface area contributed by atoms with Crippen LogP contribution >= 0.6 is 11.6 Å². The first-order valence-corrected chi connectivity index (χ1v) is 6.36. The smallest absolute Gasteiger partial charge is 0.182 e. The highest BCUT2D eigenvalue weighted by Gasteiger charge is 2.08. The summed E-state index contributed by atoms with van der Waals surface area (Å²) in [5.74, 6) is 1.43. The van der Waals surface area contributed by atoms with Crippen molar-refractivity contribution >= 4 is 28.6 Å². The molecular formula is C13H12ClN5O. The van der Waals surface area contributed by atoms with Gasteiger partial charge < -0.3 is 15.0 Å². The number of methoxy groups -OCH3 is 1. The van der Waals surface area contributed by atoms with Crippen molar-refractivity contribution < 1.29 is 4.74 Å². The zero-order valence-corrected chi connectivity index (χ0v) is 11.5. The summed E-state index contributed by atoms with van der Waals surface area (Å²) in [6, 6.07) is 5.52. The Labute approximate surface area is 120 Å². The van der Waals surface area contributed by atoms with Crippen LogP contribution in [0.15, 0.2) is 30.9 Å². The minimum absolute atomic E-state index is 0.561. The molecule has 3 rings (SSSR count). The third-order valence-corrected chi connectivity index (χ3v) is 3.15. The van der Waals surface area contributed by atoms with Crippen molar-refractivity contribution in [1.82, 2.24) is 19.9 Å². The summed E-state index contributed by atoms with van der Waals surface area (Å²) in [7, 11) is 1.62. The van der Waals surface area contributed by atoms with Crippen molar-refractivity contribution in [2.45, 2.75) is 6.54 Å². The normalized spacial score (nSPS) is 10.7. The van der Waals surface area contributed by atoms with Gasteiger partial charge in [0, 0.05) is 17.1 Å². The molecule has 0 aliphatic rings. The molecule has 3 aromatic rings. The molecule has 0 saturated heterocycles. The van der Waals surface area contributed by atoms with Crippen LogP contribution in [0.3, 0.4) is 0 Å². The number of H-pyrrole nitrogens is 1. The Kier molecular flexibility index (Phi) is 3.39. The molecule has 0 unspecified atom stereocenters. The van der Waals surface area contributed by atoms with E-state index in [4.69, 9.17) is 16.3 Å². The fourth-order valence-corrected chi connectivity index (χ4v) is 2.10. The average Bonchev–Trinajstić information content (AvgIpc) is 2.94. The fraction of sp³-hybridized carbons (Fsp3) is 0.154. The average molecular weight is 290 g/mol. The maximum atomic E-state index is 5.94. The molecular weight excluding hydrogens is 278 g/mol. The van der Waals surface area contributed by atoms with E-state index in [1.54, 1.807) is 19.5 Å². The molecule has 0 aliphatic heterocycles. The van der Waals surface area contributed by atoms with Crippen LogP contribution in [0.25, 0.3) is 11.2 Å². The van der Waals surface area contributed by atoms with Crippen LogP contribution in [0.5, 0.6) is 5.75 Å². The Morgan fingerprint density at radius 3 is 3.05 bits per heavy atom. The number of benzene rings is 1. The van der Waals surface area contributed by atoms with Crippen LogP contribution in [0.4, 0.5) is 5.82 Å². The van der Waals surface area contributed by atoms with E-state index in [1.807, 2.05) is 12.1 Å². The van der Waals surface area contributed by atoms with E-state index in [1.165, 1.54) is 6.33 Å². The summed E-state index contributed by atoms with van der Waals surface area (Å²) in [5, 5.41) is 3.88. The lowest BCUT2D eigenvalue weighted by Gasteiger charge is -2.10. The topological polar surface area (TPSA) is 75.7 Å². The Bertz CT molecular complexity index is 742. The molecule has 0 atom stereocenters. The quantitative estimate of drug-likeness (QED) is 0.772. The van der Waals surface area contributed by atoms with Gasteiger partial charge in [-0.1, -0.05) is 17.7 Å². The first-order chi connectivity index (χ1) is 9.78. The van der Waals surface area contributed by atoms with Crippen LogP contribution in [0.2, 0.25) is 5.02 Å². The molecule has 2 aromatic heterocycles. The molecule has 0 bridgehead atoms. The summed E-state index contributed by atoms with van der Waals surface area (Å²) in [4.78, 5) is 15.4. The summed E-state index contributed by atoms with van der Waals surface area (Å²) in [6.07, 6.45) is 3.07. The molecule has 0 spiro atoms. The van der Waals surface area contributed by atoms with E-state index in [-0.39, 0.29) is 0 Å². The molecule has 2 heterocycles. The Morgan fingerprint density at radius 1 is 1.30 bits per heavy atom. The number of rotatable bonds is 4. The zero-order chi connectivity index (χ0) is 13.9. The summed E-state index contributed by atoms with van der Waals surface area (Å²) in [6.45, 7) is 0.561. The van der Waals surface area contributed by atoms with Gasteiger partial charge in [0.1, 0.15) is 17.6 Å². The van der Waals surface area contributed by atoms with Gasteiger partial charge in [-0.2, -0.15) is 0 Å². The fourth-order valence-electron chi connectivity index (χ4n) is 1.94. The van der Waals surface area contributed by atoms with Gasteiger partial charge in [-0.3, -0.25) is 0 Å². The van der Waals surface area contributed by atoms with E-state index in [0.717, 1.165) is 16.8 Å². The van der Waals surface area contributed by atoms with Gasteiger partial charge in [0.15, 0.2) is 11.5 Å². The molecule has 2 N–H and O–H groups in total. The zero-order valence-electron chi connectivity index (χ0n) is 10.7. The molecule has 1 aromatic carbocycles. The van der Waals surface area contributed by atoms with Gasteiger partial charge in [-0.05, 0) is 12.1 Å². The number of anilines is 1. The van der Waals surface area contributed by atoms with Crippen LogP contribution in [0.1, 0.15) is 5.56 Å². The molecule has 7 heteroatoms. The molecule has 6 nitrogen and oxygen atoms in total. The third kappa shape index (κ3) is 2.37. The first-order valence-electron chi connectivity index (χ1n) is 5.98. The third-order valence-electron chi connectivity index (χ3n) is 2.92. The number of aromatic amines is 1. The van der Waals surface area contributed by atoms with Gasteiger partial charge in [-0.25, -0.2) is 15.0 Å². The van der Waals surface area contributed by atoms with Crippen molar-refractivity contribution in [3.05, 3.63) is 41.4 Å². The van der Waals surface area contributed by atoms with E-state index < -0.39 is 0 Å². The molecule has 0 aliphatic carbocycles. The number of fused-ring (bicyclic) bond motifs is 1. The lowest BCUT2D eigenvalue weighted by molar-refractivity contribution is 0.410. The minimum atomic E-state index is 0.561. The number of halogens is 1. The predicted octanol–water partition coefficient (Wildman–Crippen LogP) is 2.63. The number of hydrogen-bond acceptors (Lipinski definition) is 5. The summed E-state index contributed by atoms with van der Waals surface area (Å²) >= 11 is 5.94. The highest BCUT2D eigenvalue weighted by atomic mass is 35.5. The summed E-state index contributed by atoms with van der Waals surface area (Å²) < 4.78 is 5.31. The number of aromatic nitrogens is 4. The largest absolute Gasteiger partial charge is 0.496 e. The van der Waals surface area contributed by atoms with Crippen molar-refractivity contribution in [2.75, 3.05) is 12.4 Å². The number of ether oxygens (including phenoxy) is 1. The van der Waals surface area contributed by atoms with Gasteiger partial charge in [-0.15, -0.1) is 0 Å². The number of nitrogens with one attached hydrogen (secondary N) is 2. The van der Waals surface area contributed by atoms with Gasteiger partial charge in [0.2, 0.25) is 0 Å². The SMILES string of the molecule is COc1cc(Cl)ccc1CNc1ncnc2nc[nH]c12. The van der Waals surface area contributed by atoms with Crippen LogP contribution in [0, 0.1) is 0 Å². The van der Waals surface area contributed by atoms with Crippen LogP contribution in [-0.4, -0.2) is 27.0 Å². The van der Waals surface area contributed by atoms with E-state index in [2.05, 4.69) is 25.3 Å². The number of nitrogens with zero attached hydrogens (tertiary/aromatic N) is 3. The van der Waals surface area contributed by atoms with Crippen LogP contribution in [-0.2, 0) is 6.54 Å². The van der Waals surface area contributed by atoms with E-state index in [9.17, 15) is 0 Å². The minimum Gasteiger partial charge on any atom is -0.496 e. The molecule has 20 heavy (non-hydrogen) atoms. The monoisotopic (exact) mass is 289 g/mol. The predicted molar refractivity (Wildman–Crippen MR) is 77.0 cm³/mol. The van der Waals surface area contributed by atoms with Gasteiger partial charge >= 0.3 is 0 Å². The molecule has 0 amide bonds. The van der Waals surface area contributed by atoms with Crippen LogP contribution < -0.4 is 10.1 Å². The highest BCUT2D eigenvalue weighted by Crippen LogP contribution is 2.24. The van der Waals surface area contributed by atoms with Gasteiger partial charge in [0.05, 0.1) is 13.4 Å². The second-order valence-electron chi connectivity index (χ2n) is 4.13. The van der Waals surface area contributed by atoms with E-state index >= 15 is 0 Å². The second kappa shape index (κ2) is 5.34. The lowest BCUT2D eigenvalue weighted by Crippen LogP contribution is -2.04. The van der Waals surface area contributed by atoms with Crippen molar-refractivity contribution in [1.29, 1.82) is 0 Å². The Hall–Kier alpha value is -2.34. The number of hydrogen-bond donors (Lipinski definition) is 2. The maximum Gasteiger partial charge on any atom is 0.182 e. The molecule has 0 saturated carbocycles. The second-order valence-corrected chi connectivity index (χ2v) is 4.57. The summed E-state index contributed by atoms with van der Waals surface area (Å²) in [5.41, 5.74) is 2.40. The van der Waals surface area contributed by atoms with Gasteiger partial charge in [0.25, 0.3) is 0 Å². The van der Waals surface area contributed by atoms with Crippen molar-refractivity contribution in [3.63, 3.8) is 0 Å². The standard InChI is InChI=1S/C13H12ClN5O/c1-20-10-4-9(14)3-2-8(10)5-15-12-11-13(17-6-16-11)19-7-18-12/h2-4,6-7H,5H2,1H3,(H2,15,16,17,18,19). The Morgan fingerprint density at radius 2 is 2.20 bits per heavy atom. The van der Waals surface area contributed by atoms with Crippen molar-refractivity contribution in [2.24, 2.45) is 0 Å². The lowest BCUT2D eigenvalue weighted by atomic mass is 10.2. The maximum absolute atomic E-state index is 5.94. The Balaban J connectivity index is 1.84. The van der Waals surface area contributed by atoms with Crippen molar-refractivity contribution in [3.8, 4) is 5.75 Å². The molecule has 0 radical (unpaired) electrons. The number of imidazole rings is 1.